The predicted molar refractivity (Wildman–Crippen MR) is 71.2 cm³/mol. The average Bonchev–Trinajstić information content (AvgIpc) is 2.39. The van der Waals surface area contributed by atoms with Gasteiger partial charge in [0.1, 0.15) is 5.15 Å². The summed E-state index contributed by atoms with van der Waals surface area (Å²) in [5, 5.41) is 2.55. The molecule has 0 saturated carbocycles. The number of hydrogen-bond donors (Lipinski definition) is 1. The number of aromatic nitrogens is 1. The van der Waals surface area contributed by atoms with Gasteiger partial charge in [0.05, 0.1) is 16.4 Å². The largest absolute Gasteiger partial charge is 0.321 e. The van der Waals surface area contributed by atoms with Crippen LogP contribution >= 0.6 is 27.5 Å². The third-order valence-electron chi connectivity index (χ3n) is 2.30. The van der Waals surface area contributed by atoms with Crippen molar-refractivity contribution in [3.63, 3.8) is 0 Å². The molecule has 20 heavy (non-hydrogen) atoms. The van der Waals surface area contributed by atoms with Crippen LogP contribution in [0.2, 0.25) is 5.15 Å². The van der Waals surface area contributed by atoms with Crippen LogP contribution in [0.1, 0.15) is 10.4 Å². The molecule has 0 saturated heterocycles. The van der Waals surface area contributed by atoms with Crippen LogP contribution in [0, 0.1) is 17.5 Å². The second kappa shape index (κ2) is 5.80. The summed E-state index contributed by atoms with van der Waals surface area (Å²) >= 11 is 8.79. The van der Waals surface area contributed by atoms with Crippen LogP contribution in [0.15, 0.2) is 28.9 Å². The van der Waals surface area contributed by atoms with Gasteiger partial charge in [0.15, 0.2) is 17.5 Å². The van der Waals surface area contributed by atoms with Gasteiger partial charge in [-0.2, -0.15) is 0 Å². The highest BCUT2D eigenvalue weighted by Crippen LogP contribution is 2.23. The molecule has 0 fully saturated rings. The molecule has 3 nitrogen and oxygen atoms in total. The van der Waals surface area contributed by atoms with Gasteiger partial charge in [0.2, 0.25) is 0 Å². The Morgan fingerprint density at radius 2 is 1.80 bits per heavy atom. The molecule has 1 aromatic carbocycles. The van der Waals surface area contributed by atoms with Crippen molar-refractivity contribution in [2.24, 2.45) is 0 Å². The molecule has 1 aromatic heterocycles. The average molecular weight is 366 g/mol. The molecule has 1 heterocycles. The zero-order valence-electron chi connectivity index (χ0n) is 9.55. The summed E-state index contributed by atoms with van der Waals surface area (Å²) in [5.74, 6) is -5.31. The van der Waals surface area contributed by atoms with Gasteiger partial charge in [-0.05, 0) is 34.1 Å². The zero-order chi connectivity index (χ0) is 14.9. The van der Waals surface area contributed by atoms with Gasteiger partial charge in [-0.3, -0.25) is 4.79 Å². The first-order valence-corrected chi connectivity index (χ1v) is 6.32. The molecule has 0 aliphatic carbocycles. The van der Waals surface area contributed by atoms with E-state index in [1.54, 1.807) is 0 Å². The molecule has 2 aromatic rings. The van der Waals surface area contributed by atoms with Crippen molar-refractivity contribution >= 4 is 39.1 Å². The van der Waals surface area contributed by atoms with E-state index in [0.29, 0.717) is 16.6 Å². The van der Waals surface area contributed by atoms with Crippen molar-refractivity contribution in [2.45, 2.75) is 0 Å². The summed E-state index contributed by atoms with van der Waals surface area (Å²) in [5.41, 5.74) is -0.0936. The minimum absolute atomic E-state index is 0.196. The van der Waals surface area contributed by atoms with E-state index in [1.165, 1.54) is 12.3 Å². The molecule has 0 aliphatic rings. The number of hydrogen-bond acceptors (Lipinski definition) is 2. The molecule has 1 N–H and O–H groups in total. The maximum Gasteiger partial charge on any atom is 0.255 e. The van der Waals surface area contributed by atoms with Crippen LogP contribution in [0.4, 0.5) is 18.9 Å². The molecule has 0 unspecified atom stereocenters. The molecule has 1 amide bonds. The molecule has 0 atom stereocenters. The number of rotatable bonds is 2. The Hall–Kier alpha value is -1.60. The maximum absolute atomic E-state index is 13.0. The number of pyridine rings is 1. The molecule has 0 bridgehead atoms. The number of carbonyl (C=O) groups is 1. The van der Waals surface area contributed by atoms with E-state index in [1.807, 2.05) is 0 Å². The standard InChI is InChI=1S/C12H5BrClF3N2O/c13-7-3-6(4-18-11(7)14)19-12(20)5-1-8(15)10(17)9(16)2-5/h1-4H,(H,19,20). The Labute approximate surface area is 124 Å². The van der Waals surface area contributed by atoms with Crippen LogP contribution in [-0.4, -0.2) is 10.9 Å². The van der Waals surface area contributed by atoms with Crippen molar-refractivity contribution in [2.75, 3.05) is 5.32 Å². The van der Waals surface area contributed by atoms with Crippen molar-refractivity contribution in [1.29, 1.82) is 0 Å². The Kier molecular flexibility index (Phi) is 4.29. The second-order valence-electron chi connectivity index (χ2n) is 3.70. The molecule has 0 radical (unpaired) electrons. The molecule has 8 heteroatoms. The number of nitrogens with one attached hydrogen (secondary N) is 1. The SMILES string of the molecule is O=C(Nc1cnc(Cl)c(Br)c1)c1cc(F)c(F)c(F)c1. The van der Waals surface area contributed by atoms with Crippen molar-refractivity contribution < 1.29 is 18.0 Å². The third kappa shape index (κ3) is 3.10. The van der Waals surface area contributed by atoms with E-state index in [0.717, 1.165) is 0 Å². The highest BCUT2D eigenvalue weighted by atomic mass is 79.9. The predicted octanol–water partition coefficient (Wildman–Crippen LogP) is 4.17. The van der Waals surface area contributed by atoms with Gasteiger partial charge in [-0.1, -0.05) is 11.6 Å². The van der Waals surface area contributed by atoms with Crippen LogP contribution in [-0.2, 0) is 0 Å². The molecule has 104 valence electrons. The Balaban J connectivity index is 2.26. The van der Waals surface area contributed by atoms with E-state index < -0.39 is 23.4 Å². The lowest BCUT2D eigenvalue weighted by Gasteiger charge is -2.06. The monoisotopic (exact) mass is 364 g/mol. The number of amides is 1. The molecule has 0 aliphatic heterocycles. The molecular weight excluding hydrogens is 360 g/mol. The number of halogens is 5. The summed E-state index contributed by atoms with van der Waals surface area (Å²) in [6, 6.07) is 2.67. The van der Waals surface area contributed by atoms with Gasteiger partial charge in [0, 0.05) is 5.56 Å². The summed E-state index contributed by atoms with van der Waals surface area (Å²) in [6.07, 6.45) is 1.27. The van der Waals surface area contributed by atoms with Crippen LogP contribution in [0.25, 0.3) is 0 Å². The van der Waals surface area contributed by atoms with E-state index in [9.17, 15) is 18.0 Å². The first-order valence-electron chi connectivity index (χ1n) is 5.15. The Morgan fingerprint density at radius 3 is 2.35 bits per heavy atom. The van der Waals surface area contributed by atoms with Gasteiger partial charge >= 0.3 is 0 Å². The van der Waals surface area contributed by atoms with E-state index in [2.05, 4.69) is 26.2 Å². The molecule has 0 spiro atoms. The lowest BCUT2D eigenvalue weighted by Crippen LogP contribution is -2.13. The van der Waals surface area contributed by atoms with E-state index in [4.69, 9.17) is 11.6 Å². The maximum atomic E-state index is 13.0. The Morgan fingerprint density at radius 1 is 1.20 bits per heavy atom. The molecule has 2 rings (SSSR count). The van der Waals surface area contributed by atoms with Crippen LogP contribution in [0.3, 0.4) is 0 Å². The van der Waals surface area contributed by atoms with Crippen LogP contribution in [0.5, 0.6) is 0 Å². The van der Waals surface area contributed by atoms with E-state index >= 15 is 0 Å². The van der Waals surface area contributed by atoms with Crippen molar-refractivity contribution in [3.8, 4) is 0 Å². The van der Waals surface area contributed by atoms with Gasteiger partial charge in [-0.15, -0.1) is 0 Å². The minimum atomic E-state index is -1.63. The van der Waals surface area contributed by atoms with Gasteiger partial charge in [-0.25, -0.2) is 18.2 Å². The third-order valence-corrected chi connectivity index (χ3v) is 3.43. The fourth-order valence-corrected chi connectivity index (χ4v) is 1.83. The summed E-state index contributed by atoms with van der Waals surface area (Å²) in [4.78, 5) is 15.6. The van der Waals surface area contributed by atoms with Crippen molar-refractivity contribution in [3.05, 3.63) is 57.0 Å². The molecular formula is C12H5BrClF3N2O. The summed E-state index contributed by atoms with van der Waals surface area (Å²) in [7, 11) is 0. The fraction of sp³-hybridized carbons (Fsp3) is 0. The van der Waals surface area contributed by atoms with E-state index in [-0.39, 0.29) is 16.4 Å². The first-order chi connectivity index (χ1) is 9.38. The summed E-state index contributed by atoms with van der Waals surface area (Å²) in [6.45, 7) is 0. The van der Waals surface area contributed by atoms with Crippen molar-refractivity contribution in [1.82, 2.24) is 4.98 Å². The van der Waals surface area contributed by atoms with Gasteiger partial charge < -0.3 is 5.32 Å². The first kappa shape index (κ1) is 14.8. The number of benzene rings is 1. The normalized spacial score (nSPS) is 10.4. The lowest BCUT2D eigenvalue weighted by atomic mass is 10.2. The highest BCUT2D eigenvalue weighted by molar-refractivity contribution is 9.10. The highest BCUT2D eigenvalue weighted by Gasteiger charge is 2.15. The Bertz CT molecular complexity index is 673. The quantitative estimate of drug-likeness (QED) is 0.641. The van der Waals surface area contributed by atoms with Crippen LogP contribution < -0.4 is 5.32 Å². The van der Waals surface area contributed by atoms with Gasteiger partial charge in [0.25, 0.3) is 5.91 Å². The lowest BCUT2D eigenvalue weighted by molar-refractivity contribution is 0.102. The minimum Gasteiger partial charge on any atom is -0.321 e. The summed E-state index contributed by atoms with van der Waals surface area (Å²) < 4.78 is 39.3. The zero-order valence-corrected chi connectivity index (χ0v) is 11.9. The second-order valence-corrected chi connectivity index (χ2v) is 4.92. The fourth-order valence-electron chi connectivity index (χ4n) is 1.38. The number of anilines is 1. The topological polar surface area (TPSA) is 42.0 Å². The smallest absolute Gasteiger partial charge is 0.255 e. The number of nitrogens with zero attached hydrogens (tertiary/aromatic N) is 1. The number of carbonyl (C=O) groups excluding carboxylic acids is 1.